The molecule has 2 amide bonds. The zero-order valence-electron chi connectivity index (χ0n) is 18.8. The summed E-state index contributed by atoms with van der Waals surface area (Å²) in [6.45, 7) is 6.85. The summed E-state index contributed by atoms with van der Waals surface area (Å²) < 4.78 is 11.1. The maximum absolute atomic E-state index is 12.9. The molecule has 166 valence electrons. The third kappa shape index (κ3) is 7.17. The van der Waals surface area contributed by atoms with Gasteiger partial charge in [-0.1, -0.05) is 38.1 Å². The maximum atomic E-state index is 12.9. The molecule has 0 saturated heterocycles. The Bertz CT molecular complexity index is 880. The highest BCUT2D eigenvalue weighted by molar-refractivity contribution is 5.99. The van der Waals surface area contributed by atoms with Gasteiger partial charge in [-0.15, -0.1) is 0 Å². The summed E-state index contributed by atoms with van der Waals surface area (Å²) >= 11 is 0. The Balaban J connectivity index is 2.10. The molecule has 6 nitrogen and oxygen atoms in total. The number of hydrogen-bond donors (Lipinski definition) is 1. The van der Waals surface area contributed by atoms with Crippen LogP contribution < -0.4 is 14.8 Å². The van der Waals surface area contributed by atoms with E-state index < -0.39 is 6.04 Å². The minimum absolute atomic E-state index is 0.220. The van der Waals surface area contributed by atoms with Crippen LogP contribution in [-0.4, -0.2) is 43.0 Å². The van der Waals surface area contributed by atoms with Gasteiger partial charge in [0.25, 0.3) is 0 Å². The topological polar surface area (TPSA) is 67.9 Å². The van der Waals surface area contributed by atoms with Gasteiger partial charge in [0.2, 0.25) is 11.8 Å². The van der Waals surface area contributed by atoms with E-state index in [0.29, 0.717) is 30.3 Å². The standard InChI is InChI=1S/C25H32N2O4/c1-5-16-27(19(3)25(29)26-21-10-8-7-9-11-21)24(28)15-13-20-12-14-22(31-17-6-2)23(18-20)30-4/h7-15,18-19H,5-6,16-17H2,1-4H3,(H,26,29)/b15-13-/t19-/m0/s1. The Kier molecular flexibility index (Phi) is 9.62. The minimum Gasteiger partial charge on any atom is -0.493 e. The average Bonchev–Trinajstić information content (AvgIpc) is 2.80. The molecule has 0 aliphatic carbocycles. The van der Waals surface area contributed by atoms with Crippen LogP contribution in [0, 0.1) is 0 Å². The number of rotatable bonds is 11. The second-order valence-electron chi connectivity index (χ2n) is 7.15. The second-order valence-corrected chi connectivity index (χ2v) is 7.15. The Morgan fingerprint density at radius 1 is 1.06 bits per heavy atom. The maximum Gasteiger partial charge on any atom is 0.247 e. The van der Waals surface area contributed by atoms with Crippen LogP contribution in [0.2, 0.25) is 0 Å². The van der Waals surface area contributed by atoms with Gasteiger partial charge in [0.05, 0.1) is 13.7 Å². The largest absolute Gasteiger partial charge is 0.493 e. The molecule has 2 rings (SSSR count). The number of hydrogen-bond acceptors (Lipinski definition) is 4. The molecular formula is C25H32N2O4. The molecule has 0 aliphatic heterocycles. The number of amides is 2. The third-order valence-electron chi connectivity index (χ3n) is 4.70. The van der Waals surface area contributed by atoms with Crippen LogP contribution in [0.25, 0.3) is 6.08 Å². The lowest BCUT2D eigenvalue weighted by atomic mass is 10.1. The molecular weight excluding hydrogens is 392 g/mol. The van der Waals surface area contributed by atoms with Crippen LogP contribution in [0.5, 0.6) is 11.5 Å². The van der Waals surface area contributed by atoms with Crippen molar-refractivity contribution < 1.29 is 19.1 Å². The van der Waals surface area contributed by atoms with Gasteiger partial charge in [-0.25, -0.2) is 0 Å². The highest BCUT2D eigenvalue weighted by Crippen LogP contribution is 2.28. The van der Waals surface area contributed by atoms with E-state index in [-0.39, 0.29) is 11.8 Å². The molecule has 6 heteroatoms. The molecule has 0 radical (unpaired) electrons. The lowest BCUT2D eigenvalue weighted by Crippen LogP contribution is -2.45. The van der Waals surface area contributed by atoms with Crippen molar-refractivity contribution in [2.24, 2.45) is 0 Å². The molecule has 0 unspecified atom stereocenters. The quantitative estimate of drug-likeness (QED) is 0.528. The Labute approximate surface area is 184 Å². The summed E-state index contributed by atoms with van der Waals surface area (Å²) in [5, 5.41) is 2.86. The van der Waals surface area contributed by atoms with Crippen molar-refractivity contribution in [3.63, 3.8) is 0 Å². The van der Waals surface area contributed by atoms with Crippen LogP contribution in [0.3, 0.4) is 0 Å². The summed E-state index contributed by atoms with van der Waals surface area (Å²) in [5.41, 5.74) is 1.52. The fourth-order valence-electron chi connectivity index (χ4n) is 3.03. The highest BCUT2D eigenvalue weighted by Gasteiger charge is 2.24. The minimum atomic E-state index is -0.600. The number of methoxy groups -OCH3 is 1. The Hall–Kier alpha value is -3.28. The Morgan fingerprint density at radius 3 is 2.45 bits per heavy atom. The van der Waals surface area contributed by atoms with Crippen LogP contribution in [-0.2, 0) is 9.59 Å². The van der Waals surface area contributed by atoms with E-state index in [1.807, 2.05) is 62.4 Å². The summed E-state index contributed by atoms with van der Waals surface area (Å²) in [6, 6.07) is 14.1. The van der Waals surface area contributed by atoms with E-state index >= 15 is 0 Å². The fourth-order valence-corrected chi connectivity index (χ4v) is 3.03. The monoisotopic (exact) mass is 424 g/mol. The molecule has 0 saturated carbocycles. The van der Waals surface area contributed by atoms with Crippen molar-refractivity contribution >= 4 is 23.6 Å². The van der Waals surface area contributed by atoms with E-state index in [1.54, 1.807) is 25.0 Å². The lowest BCUT2D eigenvalue weighted by molar-refractivity contribution is -0.134. The van der Waals surface area contributed by atoms with Crippen molar-refractivity contribution in [2.45, 2.75) is 39.7 Å². The Morgan fingerprint density at radius 2 is 1.81 bits per heavy atom. The summed E-state index contributed by atoms with van der Waals surface area (Å²) in [5.74, 6) is 0.846. The SMILES string of the molecule is CCCOc1ccc(/C=C\C(=O)N(CCC)[C@@H](C)C(=O)Nc2ccccc2)cc1OC. The molecule has 0 bridgehead atoms. The van der Waals surface area contributed by atoms with E-state index in [9.17, 15) is 9.59 Å². The van der Waals surface area contributed by atoms with Crippen LogP contribution in [0.4, 0.5) is 5.69 Å². The first-order valence-electron chi connectivity index (χ1n) is 10.7. The molecule has 0 fully saturated rings. The highest BCUT2D eigenvalue weighted by atomic mass is 16.5. The molecule has 2 aromatic rings. The number of carbonyl (C=O) groups is 2. The van der Waals surface area contributed by atoms with Gasteiger partial charge < -0.3 is 19.7 Å². The van der Waals surface area contributed by atoms with Crippen molar-refractivity contribution in [1.82, 2.24) is 4.90 Å². The van der Waals surface area contributed by atoms with Crippen molar-refractivity contribution in [3.8, 4) is 11.5 Å². The predicted octanol–water partition coefficient (Wildman–Crippen LogP) is 4.76. The van der Waals surface area contributed by atoms with Gasteiger partial charge in [0, 0.05) is 18.3 Å². The molecule has 1 atom stereocenters. The smallest absolute Gasteiger partial charge is 0.247 e. The number of carbonyl (C=O) groups excluding carboxylic acids is 2. The zero-order valence-corrected chi connectivity index (χ0v) is 18.8. The molecule has 31 heavy (non-hydrogen) atoms. The van der Waals surface area contributed by atoms with Crippen LogP contribution in [0.1, 0.15) is 39.2 Å². The summed E-state index contributed by atoms with van der Waals surface area (Å²) in [6.07, 6.45) is 4.87. The normalized spacial score (nSPS) is 11.7. The lowest BCUT2D eigenvalue weighted by Gasteiger charge is -2.27. The number of benzene rings is 2. The van der Waals surface area contributed by atoms with E-state index in [1.165, 1.54) is 6.08 Å². The fraction of sp³-hybridized carbons (Fsp3) is 0.360. The first-order chi connectivity index (χ1) is 15.0. The third-order valence-corrected chi connectivity index (χ3v) is 4.70. The number of nitrogens with zero attached hydrogens (tertiary/aromatic N) is 1. The molecule has 0 aliphatic rings. The molecule has 0 heterocycles. The number of para-hydroxylation sites is 1. The van der Waals surface area contributed by atoms with Crippen molar-refractivity contribution in [1.29, 1.82) is 0 Å². The molecule has 0 spiro atoms. The predicted molar refractivity (Wildman–Crippen MR) is 124 cm³/mol. The van der Waals surface area contributed by atoms with Gasteiger partial charge in [-0.3, -0.25) is 9.59 Å². The van der Waals surface area contributed by atoms with Gasteiger partial charge >= 0.3 is 0 Å². The van der Waals surface area contributed by atoms with Crippen LogP contribution in [0.15, 0.2) is 54.6 Å². The molecule has 1 N–H and O–H groups in total. The van der Waals surface area contributed by atoms with Crippen molar-refractivity contribution in [2.75, 3.05) is 25.6 Å². The van der Waals surface area contributed by atoms with Gasteiger partial charge in [0.1, 0.15) is 6.04 Å². The van der Waals surface area contributed by atoms with Crippen LogP contribution >= 0.6 is 0 Å². The number of ether oxygens (including phenoxy) is 2. The summed E-state index contributed by atoms with van der Waals surface area (Å²) in [7, 11) is 1.59. The van der Waals surface area contributed by atoms with Gasteiger partial charge in [-0.05, 0) is 55.7 Å². The van der Waals surface area contributed by atoms with Gasteiger partial charge in [0.15, 0.2) is 11.5 Å². The first kappa shape index (κ1) is 24.0. The first-order valence-corrected chi connectivity index (χ1v) is 10.7. The van der Waals surface area contributed by atoms with E-state index in [0.717, 1.165) is 18.4 Å². The van der Waals surface area contributed by atoms with Gasteiger partial charge in [-0.2, -0.15) is 0 Å². The average molecular weight is 425 g/mol. The van der Waals surface area contributed by atoms with E-state index in [4.69, 9.17) is 9.47 Å². The number of nitrogens with one attached hydrogen (secondary N) is 1. The van der Waals surface area contributed by atoms with E-state index in [2.05, 4.69) is 5.32 Å². The molecule has 2 aromatic carbocycles. The van der Waals surface area contributed by atoms with Crippen molar-refractivity contribution in [3.05, 3.63) is 60.2 Å². The molecule has 0 aromatic heterocycles. The summed E-state index contributed by atoms with van der Waals surface area (Å²) in [4.78, 5) is 27.1. The zero-order chi connectivity index (χ0) is 22.6. The second kappa shape index (κ2) is 12.4. The number of anilines is 1.